The Morgan fingerprint density at radius 3 is 2.43 bits per heavy atom. The van der Waals surface area contributed by atoms with Gasteiger partial charge in [-0.15, -0.1) is 0 Å². The standard InChI is InChI=1S/C15H9ClF2N4O/c16-9-6-20-22(8-9)13-5-4-10(7-19-13)21-15(23)14-11(17)2-1-3-12(14)18/h1-8H,(H,21,23). The summed E-state index contributed by atoms with van der Waals surface area (Å²) in [7, 11) is 0. The lowest BCUT2D eigenvalue weighted by Gasteiger charge is -2.07. The third-order valence-electron chi connectivity index (χ3n) is 2.98. The lowest BCUT2D eigenvalue weighted by molar-refractivity contribution is 0.101. The second-order valence-corrected chi connectivity index (χ2v) is 5.00. The van der Waals surface area contributed by atoms with Crippen LogP contribution < -0.4 is 5.32 Å². The largest absolute Gasteiger partial charge is 0.320 e. The van der Waals surface area contributed by atoms with Crippen molar-refractivity contribution in [2.45, 2.75) is 0 Å². The summed E-state index contributed by atoms with van der Waals surface area (Å²) >= 11 is 5.77. The Morgan fingerprint density at radius 1 is 1.13 bits per heavy atom. The van der Waals surface area contributed by atoms with Crippen molar-refractivity contribution in [1.82, 2.24) is 14.8 Å². The molecule has 8 heteroatoms. The molecule has 0 saturated heterocycles. The zero-order valence-electron chi connectivity index (χ0n) is 11.5. The van der Waals surface area contributed by atoms with E-state index < -0.39 is 23.1 Å². The molecular formula is C15H9ClF2N4O. The Balaban J connectivity index is 1.79. The third-order valence-corrected chi connectivity index (χ3v) is 3.18. The van der Waals surface area contributed by atoms with E-state index in [9.17, 15) is 13.6 Å². The Kier molecular flexibility index (Phi) is 4.03. The first-order valence-corrected chi connectivity index (χ1v) is 6.84. The summed E-state index contributed by atoms with van der Waals surface area (Å²) in [5.74, 6) is -2.28. The number of nitrogens with one attached hydrogen (secondary N) is 1. The van der Waals surface area contributed by atoms with Crippen LogP contribution in [0.15, 0.2) is 48.9 Å². The molecule has 3 aromatic rings. The summed E-state index contributed by atoms with van der Waals surface area (Å²) < 4.78 is 28.6. The van der Waals surface area contributed by atoms with E-state index in [2.05, 4.69) is 15.4 Å². The molecule has 0 spiro atoms. The molecule has 0 atom stereocenters. The highest BCUT2D eigenvalue weighted by Crippen LogP contribution is 2.16. The Bertz CT molecular complexity index is 844. The number of nitrogens with zero attached hydrogens (tertiary/aromatic N) is 3. The van der Waals surface area contributed by atoms with Crippen LogP contribution in [0.3, 0.4) is 0 Å². The molecule has 0 aliphatic heterocycles. The minimum absolute atomic E-state index is 0.291. The third kappa shape index (κ3) is 3.19. The van der Waals surface area contributed by atoms with E-state index in [-0.39, 0.29) is 0 Å². The SMILES string of the molecule is O=C(Nc1ccc(-n2cc(Cl)cn2)nc1)c1c(F)cccc1F. The highest BCUT2D eigenvalue weighted by molar-refractivity contribution is 6.30. The zero-order valence-corrected chi connectivity index (χ0v) is 12.3. The highest BCUT2D eigenvalue weighted by Gasteiger charge is 2.17. The number of carbonyl (C=O) groups is 1. The first-order chi connectivity index (χ1) is 11.0. The zero-order chi connectivity index (χ0) is 16.4. The van der Waals surface area contributed by atoms with Crippen LogP contribution in [0.25, 0.3) is 5.82 Å². The Hall–Kier alpha value is -2.80. The van der Waals surface area contributed by atoms with E-state index in [1.807, 2.05) is 0 Å². The molecular weight excluding hydrogens is 326 g/mol. The summed E-state index contributed by atoms with van der Waals surface area (Å²) in [4.78, 5) is 16.1. The van der Waals surface area contributed by atoms with Crippen LogP contribution in [0.4, 0.5) is 14.5 Å². The van der Waals surface area contributed by atoms with Gasteiger partial charge in [0, 0.05) is 0 Å². The maximum atomic E-state index is 13.6. The van der Waals surface area contributed by atoms with Crippen LogP contribution in [0.2, 0.25) is 5.02 Å². The number of amides is 1. The first-order valence-electron chi connectivity index (χ1n) is 6.46. The second-order valence-electron chi connectivity index (χ2n) is 4.56. The van der Waals surface area contributed by atoms with Gasteiger partial charge in [-0.05, 0) is 24.3 Å². The summed E-state index contributed by atoms with van der Waals surface area (Å²) in [5.41, 5.74) is -0.352. The number of anilines is 1. The number of benzene rings is 1. The quantitative estimate of drug-likeness (QED) is 0.798. The molecule has 1 amide bonds. The lowest BCUT2D eigenvalue weighted by atomic mass is 10.2. The molecule has 0 fully saturated rings. The van der Waals surface area contributed by atoms with E-state index in [4.69, 9.17) is 11.6 Å². The summed E-state index contributed by atoms with van der Waals surface area (Å²) in [6, 6.07) is 6.33. The fourth-order valence-corrected chi connectivity index (χ4v) is 2.07. The fourth-order valence-electron chi connectivity index (χ4n) is 1.93. The van der Waals surface area contributed by atoms with Gasteiger partial charge in [-0.2, -0.15) is 5.10 Å². The van der Waals surface area contributed by atoms with Gasteiger partial charge in [0.1, 0.15) is 17.2 Å². The van der Waals surface area contributed by atoms with Crippen molar-refractivity contribution < 1.29 is 13.6 Å². The molecule has 0 unspecified atom stereocenters. The van der Waals surface area contributed by atoms with Gasteiger partial charge >= 0.3 is 0 Å². The van der Waals surface area contributed by atoms with Crippen LogP contribution in [0.5, 0.6) is 0 Å². The van der Waals surface area contributed by atoms with E-state index in [1.165, 1.54) is 29.2 Å². The number of rotatable bonds is 3. The molecule has 0 aliphatic carbocycles. The molecule has 3 rings (SSSR count). The van der Waals surface area contributed by atoms with Crippen LogP contribution in [0, 0.1) is 11.6 Å². The van der Waals surface area contributed by atoms with Crippen molar-refractivity contribution in [2.75, 3.05) is 5.32 Å². The molecule has 2 heterocycles. The van der Waals surface area contributed by atoms with Crippen LogP contribution >= 0.6 is 11.6 Å². The van der Waals surface area contributed by atoms with E-state index in [0.717, 1.165) is 12.1 Å². The summed E-state index contributed by atoms with van der Waals surface area (Å²) in [5, 5.41) is 6.83. The minimum atomic E-state index is -0.932. The number of aromatic nitrogens is 3. The van der Waals surface area contributed by atoms with Crippen LogP contribution in [-0.2, 0) is 0 Å². The molecule has 0 bridgehead atoms. The molecule has 1 aromatic carbocycles. The predicted octanol–water partition coefficient (Wildman–Crippen LogP) is 3.45. The summed E-state index contributed by atoms with van der Waals surface area (Å²) in [6.07, 6.45) is 4.37. The van der Waals surface area contributed by atoms with Gasteiger partial charge in [0.05, 0.1) is 29.3 Å². The normalized spacial score (nSPS) is 10.6. The monoisotopic (exact) mass is 334 g/mol. The van der Waals surface area contributed by atoms with E-state index >= 15 is 0 Å². The number of hydrogen-bond donors (Lipinski definition) is 1. The Labute approximate surface area is 134 Å². The number of pyridine rings is 1. The highest BCUT2D eigenvalue weighted by atomic mass is 35.5. The van der Waals surface area contributed by atoms with E-state index in [0.29, 0.717) is 16.5 Å². The van der Waals surface area contributed by atoms with Gasteiger partial charge in [0.25, 0.3) is 5.91 Å². The van der Waals surface area contributed by atoms with Gasteiger partial charge in [-0.3, -0.25) is 4.79 Å². The molecule has 1 N–H and O–H groups in total. The maximum absolute atomic E-state index is 13.6. The second kappa shape index (κ2) is 6.13. The van der Waals surface area contributed by atoms with Crippen LogP contribution in [-0.4, -0.2) is 20.7 Å². The summed E-state index contributed by atoms with van der Waals surface area (Å²) in [6.45, 7) is 0. The number of carbonyl (C=O) groups excluding carboxylic acids is 1. The van der Waals surface area contributed by atoms with Crippen molar-refractivity contribution in [3.8, 4) is 5.82 Å². The van der Waals surface area contributed by atoms with Crippen molar-refractivity contribution in [3.05, 3.63) is 71.1 Å². The van der Waals surface area contributed by atoms with Gasteiger partial charge in [0.15, 0.2) is 5.82 Å². The minimum Gasteiger partial charge on any atom is -0.320 e. The van der Waals surface area contributed by atoms with Gasteiger partial charge in [-0.1, -0.05) is 17.7 Å². The molecule has 0 radical (unpaired) electrons. The van der Waals surface area contributed by atoms with Crippen molar-refractivity contribution >= 4 is 23.2 Å². The Morgan fingerprint density at radius 2 is 1.87 bits per heavy atom. The molecule has 2 aromatic heterocycles. The molecule has 116 valence electrons. The number of halogens is 3. The predicted molar refractivity (Wildman–Crippen MR) is 80.7 cm³/mol. The first kappa shape index (κ1) is 15.1. The average Bonchev–Trinajstić information content (AvgIpc) is 2.94. The van der Waals surface area contributed by atoms with Crippen molar-refractivity contribution in [3.63, 3.8) is 0 Å². The molecule has 0 aliphatic rings. The topological polar surface area (TPSA) is 59.8 Å². The van der Waals surface area contributed by atoms with E-state index in [1.54, 1.807) is 12.3 Å². The fraction of sp³-hybridized carbons (Fsp3) is 0. The van der Waals surface area contributed by atoms with Gasteiger partial charge < -0.3 is 5.32 Å². The molecule has 0 saturated carbocycles. The number of hydrogen-bond acceptors (Lipinski definition) is 3. The lowest BCUT2D eigenvalue weighted by Crippen LogP contribution is -2.16. The van der Waals surface area contributed by atoms with Crippen molar-refractivity contribution in [1.29, 1.82) is 0 Å². The van der Waals surface area contributed by atoms with Crippen LogP contribution in [0.1, 0.15) is 10.4 Å². The maximum Gasteiger partial charge on any atom is 0.261 e. The molecule has 5 nitrogen and oxygen atoms in total. The molecule has 23 heavy (non-hydrogen) atoms. The van der Waals surface area contributed by atoms with Gasteiger partial charge in [0.2, 0.25) is 0 Å². The average molecular weight is 335 g/mol. The van der Waals surface area contributed by atoms with Crippen molar-refractivity contribution in [2.24, 2.45) is 0 Å². The van der Waals surface area contributed by atoms with Gasteiger partial charge in [-0.25, -0.2) is 18.4 Å². The smallest absolute Gasteiger partial charge is 0.261 e.